The predicted molar refractivity (Wildman–Crippen MR) is 101 cm³/mol. The first-order valence-corrected chi connectivity index (χ1v) is 10.0. The van der Waals surface area contributed by atoms with Crippen LogP contribution < -0.4 is 15.0 Å². The molecule has 0 fully saturated rings. The third-order valence-electron chi connectivity index (χ3n) is 3.99. The Labute approximate surface area is 165 Å². The highest BCUT2D eigenvalue weighted by Gasteiger charge is 2.30. The zero-order valence-corrected chi connectivity index (χ0v) is 17.3. The Kier molecular flexibility index (Phi) is 6.26. The first-order valence-electron chi connectivity index (χ1n) is 8.48. The number of sulfonamides is 1. The minimum Gasteiger partial charge on any atom is -0.454 e. The molecule has 12 heteroatoms. The lowest BCUT2D eigenvalue weighted by atomic mass is 10.1. The molecule has 2 aromatic rings. The van der Waals surface area contributed by atoms with Gasteiger partial charge in [0, 0.05) is 29.9 Å². The minimum atomic E-state index is -4.63. The number of hydrogen-bond donors (Lipinski definition) is 1. The van der Waals surface area contributed by atoms with E-state index in [2.05, 4.69) is 19.4 Å². The topological polar surface area (TPSA) is 103 Å². The molecule has 0 unspecified atom stereocenters. The van der Waals surface area contributed by atoms with Crippen molar-refractivity contribution in [1.29, 1.82) is 0 Å². The molecular weight excluding hydrogens is 413 g/mol. The average molecular weight is 434 g/mol. The third kappa shape index (κ3) is 5.46. The Morgan fingerprint density at radius 1 is 1.24 bits per heavy atom. The van der Waals surface area contributed by atoms with E-state index in [0.717, 1.165) is 0 Å². The summed E-state index contributed by atoms with van der Waals surface area (Å²) in [6, 6.07) is 0.863. The lowest BCUT2D eigenvalue weighted by molar-refractivity contribution is -0.154. The minimum absolute atomic E-state index is 0.136. The molecule has 0 amide bonds. The number of alkyl halides is 3. The number of nitrogens with one attached hydrogen (secondary N) is 1. The van der Waals surface area contributed by atoms with Crippen molar-refractivity contribution in [3.05, 3.63) is 33.7 Å². The van der Waals surface area contributed by atoms with Crippen molar-refractivity contribution in [1.82, 2.24) is 14.5 Å². The van der Waals surface area contributed by atoms with Crippen molar-refractivity contribution in [2.45, 2.75) is 39.1 Å². The number of rotatable bonds is 6. The summed E-state index contributed by atoms with van der Waals surface area (Å²) in [6.45, 7) is 4.33. The van der Waals surface area contributed by atoms with Gasteiger partial charge in [0.25, 0.3) is 5.56 Å². The highest BCUT2D eigenvalue weighted by Crippen LogP contribution is 2.29. The molecule has 1 N–H and O–H groups in total. The van der Waals surface area contributed by atoms with Crippen LogP contribution in [0, 0.1) is 13.8 Å². The molecule has 0 aliphatic rings. The molecule has 29 heavy (non-hydrogen) atoms. The summed E-state index contributed by atoms with van der Waals surface area (Å²) in [4.78, 5) is 19.7. The van der Waals surface area contributed by atoms with Gasteiger partial charge in [-0.3, -0.25) is 9.52 Å². The maximum Gasteiger partial charge on any atom is 0.422 e. The van der Waals surface area contributed by atoms with Crippen molar-refractivity contribution in [2.24, 2.45) is 7.05 Å². The molecule has 0 aliphatic heterocycles. The van der Waals surface area contributed by atoms with Crippen LogP contribution in [0.2, 0.25) is 0 Å². The van der Waals surface area contributed by atoms with E-state index in [-0.39, 0.29) is 22.6 Å². The summed E-state index contributed by atoms with van der Waals surface area (Å²) in [6.07, 6.45) is -3.18. The Bertz CT molecular complexity index is 1050. The molecule has 0 saturated heterocycles. The Hall–Kier alpha value is -2.63. The van der Waals surface area contributed by atoms with Crippen LogP contribution in [0.25, 0.3) is 11.3 Å². The Balaban J connectivity index is 2.65. The van der Waals surface area contributed by atoms with Gasteiger partial charge in [0.1, 0.15) is 5.82 Å². The first-order chi connectivity index (χ1) is 13.2. The molecule has 0 aliphatic carbocycles. The van der Waals surface area contributed by atoms with Crippen molar-refractivity contribution in [2.75, 3.05) is 11.3 Å². The van der Waals surface area contributed by atoms with Crippen molar-refractivity contribution >= 4 is 15.8 Å². The molecule has 0 aromatic carbocycles. The summed E-state index contributed by atoms with van der Waals surface area (Å²) in [5.41, 5.74) is 0.926. The Morgan fingerprint density at radius 3 is 2.38 bits per heavy atom. The van der Waals surface area contributed by atoms with E-state index >= 15 is 0 Å². The average Bonchev–Trinajstić information content (AvgIpc) is 2.58. The maximum atomic E-state index is 12.5. The van der Waals surface area contributed by atoms with Gasteiger partial charge in [-0.15, -0.1) is 0 Å². The zero-order chi connectivity index (χ0) is 22.1. The molecule has 0 radical (unpaired) electrons. The number of ether oxygens (including phenoxy) is 1. The van der Waals surface area contributed by atoms with Crippen LogP contribution in [-0.4, -0.2) is 41.0 Å². The highest BCUT2D eigenvalue weighted by molar-refractivity contribution is 7.93. The molecule has 0 bridgehead atoms. The number of aryl methyl sites for hydroxylation is 2. The molecule has 0 saturated carbocycles. The largest absolute Gasteiger partial charge is 0.454 e. The highest BCUT2D eigenvalue weighted by atomic mass is 32.2. The molecule has 8 nitrogen and oxygen atoms in total. The van der Waals surface area contributed by atoms with Gasteiger partial charge in [0.15, 0.2) is 6.61 Å². The van der Waals surface area contributed by atoms with Gasteiger partial charge in [0.05, 0.1) is 10.9 Å². The van der Waals surface area contributed by atoms with Gasteiger partial charge in [0.2, 0.25) is 10.0 Å². The van der Waals surface area contributed by atoms with Crippen LogP contribution >= 0.6 is 0 Å². The molecule has 160 valence electrons. The van der Waals surface area contributed by atoms with Gasteiger partial charge in [-0.25, -0.2) is 8.42 Å². The van der Waals surface area contributed by atoms with Gasteiger partial charge >= 0.3 is 12.2 Å². The number of pyridine rings is 1. The normalized spacial score (nSPS) is 12.3. The first kappa shape index (κ1) is 22.7. The fraction of sp³-hybridized carbons (Fsp3) is 0.471. The molecule has 0 spiro atoms. The molecule has 2 heterocycles. The molecule has 2 aromatic heterocycles. The summed E-state index contributed by atoms with van der Waals surface area (Å²) in [7, 11) is -2.32. The smallest absolute Gasteiger partial charge is 0.422 e. The standard InChI is InChI=1S/C17H21F3N4O4S/c1-9(2)29(26,27)23-14-11(4)13(12-6-10(3)15(25)24(5)7-12)21-16(22-14)28-8-17(18,19)20/h6-7,9H,8H2,1-5H3,(H,21,22,23). The van der Waals surface area contributed by atoms with Gasteiger partial charge in [-0.2, -0.15) is 23.1 Å². The van der Waals surface area contributed by atoms with Crippen molar-refractivity contribution in [3.8, 4) is 17.3 Å². The second-order valence-electron chi connectivity index (χ2n) is 6.76. The number of nitrogens with zero attached hydrogens (tertiary/aromatic N) is 3. The number of hydrogen-bond acceptors (Lipinski definition) is 6. The van der Waals surface area contributed by atoms with Crippen LogP contribution in [0.3, 0.4) is 0 Å². The fourth-order valence-corrected chi connectivity index (χ4v) is 3.05. The van der Waals surface area contributed by atoms with E-state index in [4.69, 9.17) is 0 Å². The molecular formula is C17H21F3N4O4S. The quantitative estimate of drug-likeness (QED) is 0.750. The number of anilines is 1. The lowest BCUT2D eigenvalue weighted by Crippen LogP contribution is -2.25. The summed E-state index contributed by atoms with van der Waals surface area (Å²) < 4.78 is 70.3. The maximum absolute atomic E-state index is 12.5. The summed E-state index contributed by atoms with van der Waals surface area (Å²) in [5.74, 6) is -0.201. The van der Waals surface area contributed by atoms with E-state index in [1.165, 1.54) is 44.6 Å². The van der Waals surface area contributed by atoms with E-state index in [1.807, 2.05) is 0 Å². The van der Waals surface area contributed by atoms with Crippen LogP contribution in [-0.2, 0) is 17.1 Å². The van der Waals surface area contributed by atoms with Gasteiger partial charge in [-0.05, 0) is 33.8 Å². The predicted octanol–water partition coefficient (Wildman–Crippen LogP) is 2.55. The fourth-order valence-electron chi connectivity index (χ4n) is 2.35. The van der Waals surface area contributed by atoms with E-state index < -0.39 is 34.1 Å². The van der Waals surface area contributed by atoms with E-state index in [0.29, 0.717) is 11.1 Å². The van der Waals surface area contributed by atoms with Gasteiger partial charge in [-0.1, -0.05) is 0 Å². The van der Waals surface area contributed by atoms with Gasteiger partial charge < -0.3 is 9.30 Å². The van der Waals surface area contributed by atoms with Crippen molar-refractivity contribution < 1.29 is 26.3 Å². The molecule has 0 atom stereocenters. The zero-order valence-electron chi connectivity index (χ0n) is 16.5. The van der Waals surface area contributed by atoms with E-state index in [9.17, 15) is 26.4 Å². The van der Waals surface area contributed by atoms with E-state index in [1.54, 1.807) is 6.92 Å². The lowest BCUT2D eigenvalue weighted by Gasteiger charge is -2.17. The Morgan fingerprint density at radius 2 is 1.86 bits per heavy atom. The van der Waals surface area contributed by atoms with Crippen LogP contribution in [0.15, 0.2) is 17.1 Å². The second kappa shape index (κ2) is 8.01. The summed E-state index contributed by atoms with van der Waals surface area (Å²) in [5, 5.41) is -0.806. The number of aromatic nitrogens is 3. The van der Waals surface area contributed by atoms with Crippen LogP contribution in [0.5, 0.6) is 6.01 Å². The molecule has 2 rings (SSSR count). The summed E-state index contributed by atoms with van der Waals surface area (Å²) >= 11 is 0. The van der Waals surface area contributed by atoms with Crippen LogP contribution in [0.4, 0.5) is 19.0 Å². The monoisotopic (exact) mass is 434 g/mol. The third-order valence-corrected chi connectivity index (χ3v) is 5.70. The second-order valence-corrected chi connectivity index (χ2v) is 8.99. The number of halogens is 3. The van der Waals surface area contributed by atoms with Crippen LogP contribution in [0.1, 0.15) is 25.0 Å². The van der Waals surface area contributed by atoms with Crippen molar-refractivity contribution in [3.63, 3.8) is 0 Å². The SMILES string of the molecule is Cc1c(NS(=O)(=O)C(C)C)nc(OCC(F)(F)F)nc1-c1cc(C)c(=O)n(C)c1.